The molecule has 0 atom stereocenters. The molecule has 144 valence electrons. The van der Waals surface area contributed by atoms with Crippen LogP contribution in [0.4, 0.5) is 4.39 Å². The molecule has 1 aromatic carbocycles. The number of amides is 1. The molecule has 1 fully saturated rings. The number of esters is 1. The van der Waals surface area contributed by atoms with E-state index in [1.54, 1.807) is 30.2 Å². The van der Waals surface area contributed by atoms with Gasteiger partial charge in [-0.2, -0.15) is 0 Å². The van der Waals surface area contributed by atoms with E-state index >= 15 is 0 Å². The highest BCUT2D eigenvalue weighted by Gasteiger charge is 2.28. The van der Waals surface area contributed by atoms with Crippen molar-refractivity contribution in [2.75, 3.05) is 19.7 Å². The molecule has 0 bridgehead atoms. The standard InChI is InChI=1S/C20H23FN2O4/c1-2-26-20(25)15-9-11-23(12-10-15)19(24)8-7-18-22-13-17(27-18)14-3-5-16(21)6-4-14/h3-6,13,15H,2,7-12H2,1H3. The molecule has 0 saturated carbocycles. The highest BCUT2D eigenvalue weighted by Crippen LogP contribution is 2.22. The zero-order valence-electron chi connectivity index (χ0n) is 15.3. The molecule has 1 aromatic heterocycles. The van der Waals surface area contributed by atoms with Crippen LogP contribution in [0.1, 0.15) is 32.1 Å². The summed E-state index contributed by atoms with van der Waals surface area (Å²) in [6.07, 6.45) is 3.56. The Hall–Kier alpha value is -2.70. The number of piperidine rings is 1. The monoisotopic (exact) mass is 374 g/mol. The molecule has 27 heavy (non-hydrogen) atoms. The Morgan fingerprint density at radius 2 is 1.96 bits per heavy atom. The van der Waals surface area contributed by atoms with E-state index in [4.69, 9.17) is 9.15 Å². The molecule has 1 saturated heterocycles. The van der Waals surface area contributed by atoms with Gasteiger partial charge in [-0.05, 0) is 44.0 Å². The van der Waals surface area contributed by atoms with Crippen molar-refractivity contribution < 1.29 is 23.1 Å². The van der Waals surface area contributed by atoms with Gasteiger partial charge in [0.05, 0.1) is 18.7 Å². The molecule has 0 N–H and O–H groups in total. The molecule has 0 radical (unpaired) electrons. The minimum atomic E-state index is -0.309. The van der Waals surface area contributed by atoms with Gasteiger partial charge in [0, 0.05) is 31.5 Å². The van der Waals surface area contributed by atoms with E-state index in [-0.39, 0.29) is 23.6 Å². The van der Waals surface area contributed by atoms with Gasteiger partial charge in [-0.25, -0.2) is 9.37 Å². The lowest BCUT2D eigenvalue weighted by atomic mass is 9.97. The average molecular weight is 374 g/mol. The summed E-state index contributed by atoms with van der Waals surface area (Å²) in [5.74, 6) is 0.461. The zero-order valence-corrected chi connectivity index (χ0v) is 15.3. The fraction of sp³-hybridized carbons (Fsp3) is 0.450. The molecule has 0 aliphatic carbocycles. The Morgan fingerprint density at radius 1 is 1.26 bits per heavy atom. The van der Waals surface area contributed by atoms with Crippen LogP contribution in [0, 0.1) is 11.7 Å². The van der Waals surface area contributed by atoms with Crippen molar-refractivity contribution in [2.24, 2.45) is 5.92 Å². The van der Waals surface area contributed by atoms with Gasteiger partial charge in [0.25, 0.3) is 0 Å². The first-order valence-corrected chi connectivity index (χ1v) is 9.22. The number of aryl methyl sites for hydroxylation is 1. The predicted molar refractivity (Wildman–Crippen MR) is 96.2 cm³/mol. The normalized spacial score (nSPS) is 15.0. The van der Waals surface area contributed by atoms with Gasteiger partial charge in [-0.3, -0.25) is 9.59 Å². The number of oxazole rings is 1. The molecule has 3 rings (SSSR count). The molecule has 1 aliphatic heterocycles. The van der Waals surface area contributed by atoms with Crippen molar-refractivity contribution >= 4 is 11.9 Å². The molecule has 2 heterocycles. The SMILES string of the molecule is CCOC(=O)C1CCN(C(=O)CCc2ncc(-c3ccc(F)cc3)o2)CC1. The van der Waals surface area contributed by atoms with Crippen LogP contribution in [0.25, 0.3) is 11.3 Å². The topological polar surface area (TPSA) is 72.6 Å². The number of carbonyl (C=O) groups excluding carboxylic acids is 2. The molecule has 6 nitrogen and oxygen atoms in total. The number of hydrogen-bond acceptors (Lipinski definition) is 5. The third kappa shape index (κ3) is 4.93. The summed E-state index contributed by atoms with van der Waals surface area (Å²) in [4.78, 5) is 30.1. The lowest BCUT2D eigenvalue weighted by molar-refractivity contribution is -0.151. The van der Waals surface area contributed by atoms with Gasteiger partial charge < -0.3 is 14.1 Å². The van der Waals surface area contributed by atoms with Crippen molar-refractivity contribution in [3.63, 3.8) is 0 Å². The van der Waals surface area contributed by atoms with Crippen LogP contribution in [0.2, 0.25) is 0 Å². The summed E-state index contributed by atoms with van der Waals surface area (Å²) in [7, 11) is 0. The van der Waals surface area contributed by atoms with Gasteiger partial charge >= 0.3 is 5.97 Å². The number of likely N-dealkylation sites (tertiary alicyclic amines) is 1. The summed E-state index contributed by atoms with van der Waals surface area (Å²) >= 11 is 0. The smallest absolute Gasteiger partial charge is 0.309 e. The van der Waals surface area contributed by atoms with Gasteiger partial charge in [-0.15, -0.1) is 0 Å². The largest absolute Gasteiger partial charge is 0.466 e. The van der Waals surface area contributed by atoms with Crippen molar-refractivity contribution in [3.05, 3.63) is 42.2 Å². The van der Waals surface area contributed by atoms with Crippen LogP contribution < -0.4 is 0 Å². The Kier molecular flexibility index (Phi) is 6.21. The summed E-state index contributed by atoms with van der Waals surface area (Å²) in [5, 5.41) is 0. The first-order valence-electron chi connectivity index (χ1n) is 9.22. The Balaban J connectivity index is 1.47. The maximum atomic E-state index is 13.0. The number of halogens is 1. The van der Waals surface area contributed by atoms with Crippen LogP contribution in [-0.2, 0) is 20.7 Å². The number of rotatable bonds is 6. The highest BCUT2D eigenvalue weighted by molar-refractivity contribution is 5.77. The van der Waals surface area contributed by atoms with Crippen LogP contribution in [-0.4, -0.2) is 41.5 Å². The fourth-order valence-corrected chi connectivity index (χ4v) is 3.17. The number of hydrogen-bond donors (Lipinski definition) is 0. The average Bonchev–Trinajstić information content (AvgIpc) is 3.16. The Labute approximate surface area is 157 Å². The molecule has 0 unspecified atom stereocenters. The summed E-state index contributed by atoms with van der Waals surface area (Å²) in [6.45, 7) is 3.30. The van der Waals surface area contributed by atoms with Gasteiger partial charge in [0.15, 0.2) is 11.7 Å². The summed E-state index contributed by atoms with van der Waals surface area (Å²) < 4.78 is 23.7. The minimum absolute atomic E-state index is 0.0267. The maximum absolute atomic E-state index is 13.0. The fourth-order valence-electron chi connectivity index (χ4n) is 3.17. The van der Waals surface area contributed by atoms with E-state index in [9.17, 15) is 14.0 Å². The van der Waals surface area contributed by atoms with E-state index in [1.165, 1.54) is 12.1 Å². The molecule has 1 aliphatic rings. The number of ether oxygens (including phenoxy) is 1. The maximum Gasteiger partial charge on any atom is 0.309 e. The van der Waals surface area contributed by atoms with Gasteiger partial charge in [0.2, 0.25) is 5.91 Å². The first-order chi connectivity index (χ1) is 13.1. The second kappa shape index (κ2) is 8.79. The summed E-state index contributed by atoms with van der Waals surface area (Å²) in [6, 6.07) is 5.97. The van der Waals surface area contributed by atoms with Gasteiger partial charge in [0.1, 0.15) is 5.82 Å². The Morgan fingerprint density at radius 3 is 2.63 bits per heavy atom. The molecular formula is C20H23FN2O4. The van der Waals surface area contributed by atoms with E-state index in [0.29, 0.717) is 57.0 Å². The third-order valence-electron chi connectivity index (χ3n) is 4.70. The number of carbonyl (C=O) groups is 2. The number of benzene rings is 1. The van der Waals surface area contributed by atoms with E-state index < -0.39 is 0 Å². The molecule has 7 heteroatoms. The Bertz CT molecular complexity index is 780. The number of aromatic nitrogens is 1. The van der Waals surface area contributed by atoms with Crippen LogP contribution >= 0.6 is 0 Å². The quantitative estimate of drug-likeness (QED) is 0.726. The lowest BCUT2D eigenvalue weighted by Crippen LogP contribution is -2.40. The van der Waals surface area contributed by atoms with Gasteiger partial charge in [-0.1, -0.05) is 0 Å². The third-order valence-corrected chi connectivity index (χ3v) is 4.70. The molecule has 0 spiro atoms. The van der Waals surface area contributed by atoms with E-state index in [0.717, 1.165) is 5.56 Å². The second-order valence-corrected chi connectivity index (χ2v) is 6.53. The summed E-state index contributed by atoms with van der Waals surface area (Å²) in [5.41, 5.74) is 0.738. The van der Waals surface area contributed by atoms with Crippen molar-refractivity contribution in [1.82, 2.24) is 9.88 Å². The highest BCUT2D eigenvalue weighted by atomic mass is 19.1. The first kappa shape index (κ1) is 19.1. The molecule has 1 amide bonds. The van der Waals surface area contributed by atoms with E-state index in [2.05, 4.69) is 4.98 Å². The van der Waals surface area contributed by atoms with Crippen LogP contribution in [0.5, 0.6) is 0 Å². The molecule has 2 aromatic rings. The van der Waals surface area contributed by atoms with Crippen LogP contribution in [0.3, 0.4) is 0 Å². The molecular weight excluding hydrogens is 351 g/mol. The van der Waals surface area contributed by atoms with Crippen LogP contribution in [0.15, 0.2) is 34.9 Å². The predicted octanol–water partition coefficient (Wildman–Crippen LogP) is 3.22. The zero-order chi connectivity index (χ0) is 19.2. The van der Waals surface area contributed by atoms with Crippen molar-refractivity contribution in [2.45, 2.75) is 32.6 Å². The number of nitrogens with zero attached hydrogens (tertiary/aromatic N) is 2. The lowest BCUT2D eigenvalue weighted by Gasteiger charge is -2.30. The van der Waals surface area contributed by atoms with Crippen molar-refractivity contribution in [1.29, 1.82) is 0 Å². The van der Waals surface area contributed by atoms with E-state index in [1.807, 2.05) is 0 Å². The second-order valence-electron chi connectivity index (χ2n) is 6.53. The van der Waals surface area contributed by atoms with Crippen molar-refractivity contribution in [3.8, 4) is 11.3 Å². The minimum Gasteiger partial charge on any atom is -0.466 e.